The highest BCUT2D eigenvalue weighted by Gasteiger charge is 2.07. The van der Waals surface area contributed by atoms with Crippen LogP contribution in [0.1, 0.15) is 0 Å². The van der Waals surface area contributed by atoms with E-state index < -0.39 is 0 Å². The van der Waals surface area contributed by atoms with Gasteiger partial charge in [-0.2, -0.15) is 0 Å². The maximum absolute atomic E-state index is 5.98. The maximum Gasteiger partial charge on any atom is 0.129 e. The fraction of sp³-hybridized carbons (Fsp3) is 0. The summed E-state index contributed by atoms with van der Waals surface area (Å²) in [6.07, 6.45) is 0. The van der Waals surface area contributed by atoms with Crippen LogP contribution in [0.3, 0.4) is 0 Å². The molecule has 0 N–H and O–H groups in total. The molecular weight excluding hydrogens is 312 g/mol. The third-order valence-electron chi connectivity index (χ3n) is 3.48. The van der Waals surface area contributed by atoms with Crippen LogP contribution in [0.2, 0.25) is 5.15 Å². The third kappa shape index (κ3) is 2.49. The molecule has 2 aromatic heterocycles. The first-order valence-corrected chi connectivity index (χ1v) is 8.13. The number of fused-ring (bicyclic) bond motifs is 1. The normalized spacial score (nSPS) is 11.0. The van der Waals surface area contributed by atoms with Crippen molar-refractivity contribution >= 4 is 33.8 Å². The van der Waals surface area contributed by atoms with Crippen LogP contribution >= 0.6 is 22.9 Å². The summed E-state index contributed by atoms with van der Waals surface area (Å²) in [4.78, 5) is 9.11. The van der Waals surface area contributed by atoms with Crippen molar-refractivity contribution in [2.75, 3.05) is 0 Å². The first kappa shape index (κ1) is 13.4. The second-order valence-corrected chi connectivity index (χ2v) is 6.19. The van der Waals surface area contributed by atoms with E-state index in [1.807, 2.05) is 30.3 Å². The fourth-order valence-corrected chi connectivity index (χ4v) is 3.35. The Labute approximate surface area is 137 Å². The first-order chi connectivity index (χ1) is 10.8. The lowest BCUT2D eigenvalue weighted by Crippen LogP contribution is -1.83. The van der Waals surface area contributed by atoms with Gasteiger partial charge < -0.3 is 0 Å². The average molecular weight is 323 g/mol. The van der Waals surface area contributed by atoms with Crippen molar-refractivity contribution < 1.29 is 0 Å². The Morgan fingerprint density at radius 1 is 0.818 bits per heavy atom. The molecule has 22 heavy (non-hydrogen) atoms. The van der Waals surface area contributed by atoms with E-state index in [0.29, 0.717) is 5.15 Å². The lowest BCUT2D eigenvalue weighted by atomic mass is 10.1. The zero-order valence-electron chi connectivity index (χ0n) is 11.5. The molecule has 4 rings (SSSR count). The minimum Gasteiger partial charge on any atom is -0.236 e. The van der Waals surface area contributed by atoms with Crippen LogP contribution in [-0.4, -0.2) is 9.97 Å². The van der Waals surface area contributed by atoms with Crippen molar-refractivity contribution in [3.63, 3.8) is 0 Å². The van der Waals surface area contributed by atoms with Crippen LogP contribution in [0.15, 0.2) is 66.0 Å². The van der Waals surface area contributed by atoms with Crippen LogP contribution < -0.4 is 0 Å². The lowest BCUT2D eigenvalue weighted by Gasteiger charge is -2.01. The molecule has 0 bridgehead atoms. The summed E-state index contributed by atoms with van der Waals surface area (Å²) >= 11 is 7.62. The molecular formula is C18H11ClN2S. The van der Waals surface area contributed by atoms with Gasteiger partial charge in [-0.3, -0.25) is 0 Å². The van der Waals surface area contributed by atoms with E-state index in [1.165, 1.54) is 0 Å². The number of hydrogen-bond acceptors (Lipinski definition) is 3. The quantitative estimate of drug-likeness (QED) is 0.444. The molecule has 0 amide bonds. The predicted octanol–water partition coefficient (Wildman–Crippen LogP) is 5.68. The number of nitrogens with zero attached hydrogens (tertiary/aromatic N) is 2. The molecule has 2 aromatic carbocycles. The van der Waals surface area contributed by atoms with Gasteiger partial charge >= 0.3 is 0 Å². The summed E-state index contributed by atoms with van der Waals surface area (Å²) in [6.45, 7) is 0. The first-order valence-electron chi connectivity index (χ1n) is 6.87. The molecule has 0 atom stereocenters. The molecule has 4 heteroatoms. The molecule has 106 valence electrons. The van der Waals surface area contributed by atoms with Crippen LogP contribution in [0.5, 0.6) is 0 Å². The molecule has 2 nitrogen and oxygen atoms in total. The summed E-state index contributed by atoms with van der Waals surface area (Å²) in [5, 5.41) is 4.66. The van der Waals surface area contributed by atoms with Gasteiger partial charge in [-0.15, -0.1) is 11.3 Å². The number of benzene rings is 2. The van der Waals surface area contributed by atoms with Crippen molar-refractivity contribution in [1.82, 2.24) is 9.97 Å². The van der Waals surface area contributed by atoms with Gasteiger partial charge in [0.15, 0.2) is 0 Å². The van der Waals surface area contributed by atoms with E-state index in [2.05, 4.69) is 34.6 Å². The zero-order valence-corrected chi connectivity index (χ0v) is 13.1. The highest BCUT2D eigenvalue weighted by Crippen LogP contribution is 2.30. The number of rotatable bonds is 2. The van der Waals surface area contributed by atoms with Crippen molar-refractivity contribution in [3.8, 4) is 21.8 Å². The minimum absolute atomic E-state index is 0.508. The van der Waals surface area contributed by atoms with E-state index in [1.54, 1.807) is 17.4 Å². The monoisotopic (exact) mass is 322 g/mol. The van der Waals surface area contributed by atoms with Gasteiger partial charge in [-0.05, 0) is 18.2 Å². The molecule has 0 saturated carbocycles. The van der Waals surface area contributed by atoms with Gasteiger partial charge in [-0.25, -0.2) is 9.97 Å². The largest absolute Gasteiger partial charge is 0.236 e. The zero-order chi connectivity index (χ0) is 14.9. The van der Waals surface area contributed by atoms with Gasteiger partial charge in [0.05, 0.1) is 11.2 Å². The van der Waals surface area contributed by atoms with Crippen molar-refractivity contribution in [2.45, 2.75) is 0 Å². The van der Waals surface area contributed by atoms with E-state index in [4.69, 9.17) is 16.6 Å². The number of aromatic nitrogens is 2. The summed E-state index contributed by atoms with van der Waals surface area (Å²) in [6, 6.07) is 20.1. The van der Waals surface area contributed by atoms with Gasteiger partial charge in [-0.1, -0.05) is 54.1 Å². The minimum atomic E-state index is 0.508. The Morgan fingerprint density at radius 3 is 2.50 bits per heavy atom. The highest BCUT2D eigenvalue weighted by atomic mass is 35.5. The molecule has 0 unspecified atom stereocenters. The molecule has 0 aliphatic rings. The summed E-state index contributed by atoms with van der Waals surface area (Å²) in [5.74, 6) is 0. The average Bonchev–Trinajstić information content (AvgIpc) is 3.05. The Kier molecular flexibility index (Phi) is 3.37. The molecule has 0 radical (unpaired) electrons. The molecule has 0 fully saturated rings. The van der Waals surface area contributed by atoms with Crippen molar-refractivity contribution in [2.24, 2.45) is 0 Å². The third-order valence-corrected chi connectivity index (χ3v) is 4.58. The summed E-state index contributed by atoms with van der Waals surface area (Å²) in [7, 11) is 0. The Morgan fingerprint density at radius 2 is 1.64 bits per heavy atom. The van der Waals surface area contributed by atoms with E-state index >= 15 is 0 Å². The van der Waals surface area contributed by atoms with Crippen LogP contribution in [0, 0.1) is 0 Å². The second-order valence-electron chi connectivity index (χ2n) is 4.95. The second kappa shape index (κ2) is 5.52. The molecule has 2 heterocycles. The molecule has 0 spiro atoms. The summed E-state index contributed by atoms with van der Waals surface area (Å²) < 4.78 is 0. The fourth-order valence-electron chi connectivity index (χ4n) is 2.37. The predicted molar refractivity (Wildman–Crippen MR) is 93.3 cm³/mol. The van der Waals surface area contributed by atoms with Crippen LogP contribution in [-0.2, 0) is 0 Å². The van der Waals surface area contributed by atoms with Crippen LogP contribution in [0.4, 0.5) is 0 Å². The smallest absolute Gasteiger partial charge is 0.129 e. The lowest BCUT2D eigenvalue weighted by molar-refractivity contribution is 1.39. The van der Waals surface area contributed by atoms with Crippen LogP contribution in [0.25, 0.3) is 32.7 Å². The number of halogens is 1. The van der Waals surface area contributed by atoms with E-state index in [9.17, 15) is 0 Å². The Hall–Kier alpha value is -2.23. The maximum atomic E-state index is 5.98. The standard InChI is InChI=1S/C18H11ClN2S/c19-17-9-8-13-6-7-14(10-15(13)20-17)18-21-16(11-22-18)12-4-2-1-3-5-12/h1-11H. The van der Waals surface area contributed by atoms with Gasteiger partial charge in [0.25, 0.3) is 0 Å². The van der Waals surface area contributed by atoms with Crippen molar-refractivity contribution in [3.05, 3.63) is 71.2 Å². The number of hydrogen-bond donors (Lipinski definition) is 0. The molecule has 0 aliphatic carbocycles. The molecule has 4 aromatic rings. The Bertz CT molecular complexity index is 948. The SMILES string of the molecule is Clc1ccc2ccc(-c3nc(-c4ccccc4)cs3)cc2n1. The van der Waals surface area contributed by atoms with Gasteiger partial charge in [0.2, 0.25) is 0 Å². The number of pyridine rings is 1. The molecule has 0 aliphatic heterocycles. The summed E-state index contributed by atoms with van der Waals surface area (Å²) in [5.41, 5.74) is 4.09. The molecule has 0 saturated heterocycles. The van der Waals surface area contributed by atoms with E-state index in [-0.39, 0.29) is 0 Å². The topological polar surface area (TPSA) is 25.8 Å². The highest BCUT2D eigenvalue weighted by molar-refractivity contribution is 7.13. The Balaban J connectivity index is 1.77. The van der Waals surface area contributed by atoms with Gasteiger partial charge in [0.1, 0.15) is 10.2 Å². The van der Waals surface area contributed by atoms with E-state index in [0.717, 1.165) is 32.7 Å². The number of thiazole rings is 1. The van der Waals surface area contributed by atoms with Gasteiger partial charge in [0, 0.05) is 21.9 Å². The van der Waals surface area contributed by atoms with Crippen molar-refractivity contribution in [1.29, 1.82) is 0 Å².